The van der Waals surface area contributed by atoms with Crippen molar-refractivity contribution in [3.8, 4) is 0 Å². The summed E-state index contributed by atoms with van der Waals surface area (Å²) in [7, 11) is 0. The summed E-state index contributed by atoms with van der Waals surface area (Å²) in [5.74, 6) is -2.59. The average Bonchev–Trinajstić information content (AvgIpc) is 2.88. The van der Waals surface area contributed by atoms with Crippen molar-refractivity contribution in [3.63, 3.8) is 0 Å². The maximum atomic E-state index is 11.9. The van der Waals surface area contributed by atoms with Crippen molar-refractivity contribution in [2.75, 3.05) is 0 Å². The Kier molecular flexibility index (Phi) is 7.10. The van der Waals surface area contributed by atoms with Gasteiger partial charge in [0.15, 0.2) is 10.9 Å². The van der Waals surface area contributed by atoms with E-state index in [1.54, 1.807) is 24.3 Å². The number of carbonyl (C=O) groups excluding carboxylic acids is 2. The topological polar surface area (TPSA) is 146 Å². The number of benzene rings is 4. The monoisotopic (exact) mass is 500 g/mol. The minimum Gasteiger partial charge on any atom is -0.543 e. The normalized spacial score (nSPS) is 10.6. The van der Waals surface area contributed by atoms with Crippen molar-refractivity contribution >= 4 is 78.3 Å². The van der Waals surface area contributed by atoms with Gasteiger partial charge in [0.25, 0.3) is 0 Å². The Morgan fingerprint density at radius 3 is 1.24 bits per heavy atom. The molecule has 0 saturated heterocycles. The maximum absolute atomic E-state index is 11.9. The molecule has 0 saturated carbocycles. The van der Waals surface area contributed by atoms with Gasteiger partial charge in [-0.05, 0) is 45.8 Å². The van der Waals surface area contributed by atoms with Crippen molar-refractivity contribution in [1.29, 1.82) is 0 Å². The molecule has 0 fully saturated rings. The van der Waals surface area contributed by atoms with E-state index in [-0.39, 0.29) is 45.3 Å². The Morgan fingerprint density at radius 2 is 0.865 bits per heavy atom. The van der Waals surface area contributed by atoms with Gasteiger partial charge < -0.3 is 29.8 Å². The van der Waals surface area contributed by atoms with E-state index in [1.165, 1.54) is 24.3 Å². The molecule has 6 rings (SSSR count). The van der Waals surface area contributed by atoms with Gasteiger partial charge in [-0.3, -0.25) is 9.59 Å². The van der Waals surface area contributed by atoms with Crippen molar-refractivity contribution < 1.29 is 19.8 Å². The molecule has 176 valence electrons. The number of H-pyrrole nitrogens is 2. The molecule has 9 heteroatoms. The van der Waals surface area contributed by atoms with Crippen LogP contribution in [0.25, 0.3) is 43.4 Å². The number of aromatic nitrogens is 2. The predicted octanol–water partition coefficient (Wildman–Crippen LogP) is 1.71. The second-order valence-corrected chi connectivity index (χ2v) is 8.09. The fourth-order valence-corrected chi connectivity index (χ4v) is 4.21. The van der Waals surface area contributed by atoms with Crippen molar-refractivity contribution in [2.45, 2.75) is 0 Å². The summed E-state index contributed by atoms with van der Waals surface area (Å²) in [6.45, 7) is 0. The number of hydrogen-bond acceptors (Lipinski definition) is 6. The molecule has 8 nitrogen and oxygen atoms in total. The van der Waals surface area contributed by atoms with Gasteiger partial charge in [0.1, 0.15) is 0 Å². The molecule has 0 bridgehead atoms. The third-order valence-corrected chi connectivity index (χ3v) is 5.90. The molecular weight excluding hydrogens is 485 g/mol. The van der Waals surface area contributed by atoms with E-state index in [4.69, 9.17) is 0 Å². The van der Waals surface area contributed by atoms with Crippen LogP contribution in [0.15, 0.2) is 94.5 Å². The molecule has 2 aromatic heterocycles. The summed E-state index contributed by atoms with van der Waals surface area (Å²) in [5.41, 5.74) is 0.700. The summed E-state index contributed by atoms with van der Waals surface area (Å²) in [5, 5.41) is 25.8. The van der Waals surface area contributed by atoms with E-state index in [0.29, 0.717) is 21.8 Å². The maximum Gasteiger partial charge on any atom is 2.00 e. The fourth-order valence-electron chi connectivity index (χ4n) is 4.21. The number of aromatic carboxylic acids is 2. The first-order valence-electron chi connectivity index (χ1n) is 10.9. The van der Waals surface area contributed by atoms with Crippen LogP contribution in [0, 0.1) is 0 Å². The van der Waals surface area contributed by atoms with Gasteiger partial charge in [0.2, 0.25) is 0 Å². The smallest absolute Gasteiger partial charge is 0.543 e. The van der Waals surface area contributed by atoms with Gasteiger partial charge in [-0.15, -0.1) is 0 Å². The largest absolute Gasteiger partial charge is 2.00 e. The van der Waals surface area contributed by atoms with E-state index >= 15 is 0 Å². The van der Waals surface area contributed by atoms with E-state index < -0.39 is 11.9 Å². The first-order chi connectivity index (χ1) is 17.3. The number of carboxylic acid groups (broad SMARTS) is 2. The summed E-state index contributed by atoms with van der Waals surface area (Å²) >= 11 is 0. The van der Waals surface area contributed by atoms with Crippen LogP contribution < -0.4 is 21.1 Å². The quantitative estimate of drug-likeness (QED) is 0.273. The van der Waals surface area contributed by atoms with E-state index in [0.717, 1.165) is 21.5 Å². The molecule has 4 aromatic carbocycles. The molecule has 0 aliphatic heterocycles. The Labute approximate surface area is 224 Å². The third-order valence-electron chi connectivity index (χ3n) is 5.90. The molecule has 6 aromatic rings. The van der Waals surface area contributed by atoms with Crippen LogP contribution in [0.4, 0.5) is 0 Å². The third kappa shape index (κ3) is 4.82. The Hall–Kier alpha value is -4.47. The molecule has 0 atom stereocenters. The van der Waals surface area contributed by atoms with E-state index in [1.807, 2.05) is 36.4 Å². The minimum absolute atomic E-state index is 0. The molecule has 0 aliphatic carbocycles. The number of pyridine rings is 2. The van der Waals surface area contributed by atoms with Crippen LogP contribution in [0.1, 0.15) is 21.0 Å². The van der Waals surface area contributed by atoms with Gasteiger partial charge in [0.05, 0.1) is 45.1 Å². The summed E-state index contributed by atoms with van der Waals surface area (Å²) in [6, 6.07) is 23.4. The van der Waals surface area contributed by atoms with Crippen molar-refractivity contribution in [1.82, 2.24) is 9.97 Å². The van der Waals surface area contributed by atoms with Crippen molar-refractivity contribution in [2.24, 2.45) is 0 Å². The van der Waals surface area contributed by atoms with E-state index in [9.17, 15) is 29.4 Å². The first kappa shape index (κ1) is 25.6. The van der Waals surface area contributed by atoms with Gasteiger partial charge in [-0.2, -0.15) is 0 Å². The number of nitrogens with one attached hydrogen (secondary N) is 2. The van der Waals surface area contributed by atoms with Crippen molar-refractivity contribution in [3.05, 3.63) is 117 Å². The molecule has 0 amide bonds. The molecular formula is C28H16MgN2O6. The molecule has 2 heterocycles. The van der Waals surface area contributed by atoms with Gasteiger partial charge in [0, 0.05) is 0 Å². The van der Waals surface area contributed by atoms with Crippen LogP contribution in [0.3, 0.4) is 0 Å². The Balaban J connectivity index is 0.000000168. The Morgan fingerprint density at radius 1 is 0.514 bits per heavy atom. The SMILES string of the molecule is O=C([O-])c1ccc2ccc3cccc(=O)c3c2[nH]1.O=C([O-])c1ccc2ccc3cccc(=O)c3c2[nH]1.[Mg+2]. The van der Waals surface area contributed by atoms with Crippen LogP contribution in [-0.4, -0.2) is 45.0 Å². The number of carbonyl (C=O) groups is 2. The second-order valence-electron chi connectivity index (χ2n) is 8.09. The molecule has 0 aliphatic rings. The standard InChI is InChI=1S/2C14H9NO3.Mg/c2*16-11-3-1-2-8-4-5-9-6-7-10(14(17)18)15-13(9)12(8)11;/h2*1-7,15H,(H,17,18);/q;;+2/p-2. The summed E-state index contributed by atoms with van der Waals surface area (Å²) < 4.78 is 0. The minimum atomic E-state index is -1.29. The Bertz CT molecular complexity index is 1820. The molecule has 0 spiro atoms. The van der Waals surface area contributed by atoms with E-state index in [2.05, 4.69) is 9.97 Å². The molecule has 37 heavy (non-hydrogen) atoms. The average molecular weight is 501 g/mol. The number of fused-ring (bicyclic) bond motifs is 6. The molecule has 0 radical (unpaired) electrons. The van der Waals surface area contributed by atoms with Gasteiger partial charge >= 0.3 is 23.1 Å². The molecule has 0 unspecified atom stereocenters. The number of hydrogen-bond donors (Lipinski definition) is 2. The summed E-state index contributed by atoms with van der Waals surface area (Å²) in [6.07, 6.45) is 0. The van der Waals surface area contributed by atoms with Crippen LogP contribution in [0.5, 0.6) is 0 Å². The fraction of sp³-hybridized carbons (Fsp3) is 0. The predicted molar refractivity (Wildman–Crippen MR) is 139 cm³/mol. The van der Waals surface area contributed by atoms with Gasteiger partial charge in [-0.1, -0.05) is 60.7 Å². The van der Waals surface area contributed by atoms with Crippen LogP contribution >= 0.6 is 0 Å². The first-order valence-corrected chi connectivity index (χ1v) is 10.9. The number of aromatic amines is 2. The van der Waals surface area contributed by atoms with Crippen LogP contribution in [-0.2, 0) is 0 Å². The zero-order valence-corrected chi connectivity index (χ0v) is 20.7. The zero-order valence-electron chi connectivity index (χ0n) is 19.2. The number of rotatable bonds is 2. The zero-order chi connectivity index (χ0) is 25.4. The molecule has 2 N–H and O–H groups in total. The second kappa shape index (κ2) is 10.3. The number of carboxylic acids is 2. The van der Waals surface area contributed by atoms with Crippen LogP contribution in [0.2, 0.25) is 0 Å². The van der Waals surface area contributed by atoms with Gasteiger partial charge in [-0.25, -0.2) is 0 Å². The summed E-state index contributed by atoms with van der Waals surface area (Å²) in [4.78, 5) is 51.0.